The first kappa shape index (κ1) is 16.7. The van der Waals surface area contributed by atoms with E-state index in [2.05, 4.69) is 49.4 Å². The average molecular weight is 428 g/mol. The molecule has 0 aliphatic heterocycles. The molecule has 0 amide bonds. The highest BCUT2D eigenvalue weighted by Gasteiger charge is 2.57. The molecule has 3 saturated carbocycles. The molecule has 0 saturated heterocycles. The first-order valence-corrected chi connectivity index (χ1v) is 11.2. The fourth-order valence-electron chi connectivity index (χ4n) is 7.76. The summed E-state index contributed by atoms with van der Waals surface area (Å²) in [7, 11) is 0. The molecule has 7 unspecified atom stereocenters. The van der Waals surface area contributed by atoms with Gasteiger partial charge in [0.25, 0.3) is 0 Å². The van der Waals surface area contributed by atoms with Gasteiger partial charge in [0.2, 0.25) is 0 Å². The summed E-state index contributed by atoms with van der Waals surface area (Å²) in [4.78, 5) is 0. The van der Waals surface area contributed by atoms with E-state index < -0.39 is 0 Å². The van der Waals surface area contributed by atoms with Crippen molar-refractivity contribution in [2.45, 2.75) is 69.6 Å². The van der Waals surface area contributed by atoms with E-state index in [0.29, 0.717) is 17.1 Å². The lowest BCUT2D eigenvalue weighted by atomic mass is 9.49. The van der Waals surface area contributed by atoms with Gasteiger partial charge < -0.3 is 5.11 Å². The zero-order chi connectivity index (χ0) is 16.4. The molecule has 1 nitrogen and oxygen atoms in total. The Labute approximate surface area is 155 Å². The second kappa shape index (κ2) is 5.92. The van der Waals surface area contributed by atoms with E-state index in [-0.39, 0.29) is 0 Å². The Bertz CT molecular complexity index is 498. The van der Waals surface area contributed by atoms with E-state index in [9.17, 15) is 5.11 Å². The number of allylic oxidation sites excluding steroid dienone is 2. The SMILES string of the molecule is CC1C=C(O)CC2CCC3C(CC[C@@]4(C)C3CC[C@@H]4C(C)I)C12. The van der Waals surface area contributed by atoms with E-state index in [4.69, 9.17) is 0 Å². The number of rotatable bonds is 1. The maximum Gasteiger partial charge on any atom is 0.0888 e. The molecule has 130 valence electrons. The van der Waals surface area contributed by atoms with Crippen molar-refractivity contribution < 1.29 is 5.11 Å². The maximum absolute atomic E-state index is 10.1. The van der Waals surface area contributed by atoms with Crippen LogP contribution in [0.15, 0.2) is 11.8 Å². The molecule has 2 heteroatoms. The second-order valence-electron chi connectivity index (χ2n) is 9.48. The molecule has 4 aliphatic carbocycles. The first-order valence-electron chi connectivity index (χ1n) is 9.95. The highest BCUT2D eigenvalue weighted by atomic mass is 127. The van der Waals surface area contributed by atoms with Gasteiger partial charge in [-0.05, 0) is 91.4 Å². The monoisotopic (exact) mass is 428 g/mol. The molecule has 9 atom stereocenters. The van der Waals surface area contributed by atoms with Crippen LogP contribution in [0.2, 0.25) is 0 Å². The third kappa shape index (κ3) is 2.52. The summed E-state index contributed by atoms with van der Waals surface area (Å²) in [5, 5.41) is 10.1. The number of hydrogen-bond acceptors (Lipinski definition) is 1. The van der Waals surface area contributed by atoms with Gasteiger partial charge in [-0.2, -0.15) is 0 Å². The normalized spacial score (nSPS) is 53.7. The van der Waals surface area contributed by atoms with Gasteiger partial charge in [-0.15, -0.1) is 0 Å². The van der Waals surface area contributed by atoms with Crippen LogP contribution < -0.4 is 0 Å². The third-order valence-electron chi connectivity index (χ3n) is 8.56. The van der Waals surface area contributed by atoms with E-state index in [1.165, 1.54) is 38.5 Å². The van der Waals surface area contributed by atoms with Crippen LogP contribution in [0, 0.1) is 46.8 Å². The van der Waals surface area contributed by atoms with E-state index in [1.807, 2.05) is 0 Å². The van der Waals surface area contributed by atoms with Gasteiger partial charge in [0, 0.05) is 10.3 Å². The van der Waals surface area contributed by atoms with Gasteiger partial charge in [0.05, 0.1) is 5.76 Å². The third-order valence-corrected chi connectivity index (χ3v) is 9.43. The molecule has 0 bridgehead atoms. The summed E-state index contributed by atoms with van der Waals surface area (Å²) in [6.45, 7) is 7.45. The van der Waals surface area contributed by atoms with Crippen molar-refractivity contribution in [1.29, 1.82) is 0 Å². The van der Waals surface area contributed by atoms with E-state index in [1.54, 1.807) is 0 Å². The molecule has 0 aromatic rings. The van der Waals surface area contributed by atoms with E-state index in [0.717, 1.165) is 45.9 Å². The van der Waals surface area contributed by atoms with Gasteiger partial charge in [0.1, 0.15) is 0 Å². The number of fused-ring (bicyclic) bond motifs is 5. The topological polar surface area (TPSA) is 20.2 Å². The molecular formula is C21H33IO. The number of aliphatic hydroxyl groups excluding tert-OH is 1. The van der Waals surface area contributed by atoms with Crippen molar-refractivity contribution in [3.05, 3.63) is 11.8 Å². The van der Waals surface area contributed by atoms with Crippen LogP contribution in [0.25, 0.3) is 0 Å². The fourth-order valence-corrected chi connectivity index (χ4v) is 8.94. The summed E-state index contributed by atoms with van der Waals surface area (Å²) >= 11 is 2.69. The van der Waals surface area contributed by atoms with Crippen LogP contribution in [0.5, 0.6) is 0 Å². The zero-order valence-corrected chi connectivity index (χ0v) is 17.1. The molecule has 4 aliphatic rings. The summed E-state index contributed by atoms with van der Waals surface area (Å²) < 4.78 is 0.823. The predicted molar refractivity (Wildman–Crippen MR) is 105 cm³/mol. The lowest BCUT2D eigenvalue weighted by Crippen LogP contribution is -2.50. The van der Waals surface area contributed by atoms with Gasteiger partial charge in [0.15, 0.2) is 0 Å². The predicted octanol–water partition coefficient (Wildman–Crippen LogP) is 6.38. The molecule has 1 N–H and O–H groups in total. The van der Waals surface area contributed by atoms with Gasteiger partial charge in [-0.25, -0.2) is 0 Å². The quantitative estimate of drug-likeness (QED) is 0.380. The van der Waals surface area contributed by atoms with Crippen LogP contribution in [-0.4, -0.2) is 9.03 Å². The first-order chi connectivity index (χ1) is 10.9. The molecular weight excluding hydrogens is 395 g/mol. The van der Waals surface area contributed by atoms with Gasteiger partial charge in [-0.1, -0.05) is 43.4 Å². The molecule has 4 rings (SSSR count). The molecule has 0 aromatic carbocycles. The maximum atomic E-state index is 10.1. The summed E-state index contributed by atoms with van der Waals surface area (Å²) in [6.07, 6.45) is 11.8. The molecule has 23 heavy (non-hydrogen) atoms. The molecule has 3 fully saturated rings. The lowest BCUT2D eigenvalue weighted by molar-refractivity contribution is -0.0652. The van der Waals surface area contributed by atoms with Crippen LogP contribution in [0.4, 0.5) is 0 Å². The minimum Gasteiger partial charge on any atom is -0.513 e. The molecule has 0 heterocycles. The Balaban J connectivity index is 1.61. The lowest BCUT2D eigenvalue weighted by Gasteiger charge is -2.56. The second-order valence-corrected chi connectivity index (χ2v) is 11.4. The molecule has 0 spiro atoms. The summed E-state index contributed by atoms with van der Waals surface area (Å²) in [6, 6.07) is 0. The van der Waals surface area contributed by atoms with Crippen molar-refractivity contribution in [2.75, 3.05) is 0 Å². The van der Waals surface area contributed by atoms with Crippen LogP contribution in [-0.2, 0) is 0 Å². The van der Waals surface area contributed by atoms with Crippen molar-refractivity contribution in [3.8, 4) is 0 Å². The van der Waals surface area contributed by atoms with Crippen molar-refractivity contribution >= 4 is 22.6 Å². The number of aliphatic hydroxyl groups is 1. The zero-order valence-electron chi connectivity index (χ0n) is 15.0. The Morgan fingerprint density at radius 2 is 1.96 bits per heavy atom. The average Bonchev–Trinajstić information content (AvgIpc) is 2.83. The highest BCUT2D eigenvalue weighted by Crippen LogP contribution is 2.65. The Morgan fingerprint density at radius 1 is 1.17 bits per heavy atom. The van der Waals surface area contributed by atoms with Crippen LogP contribution in [0.3, 0.4) is 0 Å². The minimum absolute atomic E-state index is 0.589. The van der Waals surface area contributed by atoms with E-state index >= 15 is 0 Å². The fraction of sp³-hybridized carbons (Fsp3) is 0.905. The Kier molecular flexibility index (Phi) is 4.30. The van der Waals surface area contributed by atoms with Crippen LogP contribution in [0.1, 0.15) is 65.7 Å². The van der Waals surface area contributed by atoms with Crippen molar-refractivity contribution in [3.63, 3.8) is 0 Å². The van der Waals surface area contributed by atoms with Gasteiger partial charge >= 0.3 is 0 Å². The van der Waals surface area contributed by atoms with Crippen molar-refractivity contribution in [2.24, 2.45) is 46.8 Å². The Hall–Kier alpha value is 0.270. The highest BCUT2D eigenvalue weighted by molar-refractivity contribution is 14.1. The number of hydrogen-bond donors (Lipinski definition) is 1. The molecule has 0 aromatic heterocycles. The van der Waals surface area contributed by atoms with Crippen LogP contribution >= 0.6 is 22.6 Å². The molecule has 0 radical (unpaired) electrons. The van der Waals surface area contributed by atoms with Crippen molar-refractivity contribution in [1.82, 2.24) is 0 Å². The Morgan fingerprint density at radius 3 is 2.70 bits per heavy atom. The summed E-state index contributed by atoms with van der Waals surface area (Å²) in [5.41, 5.74) is 0.616. The smallest absolute Gasteiger partial charge is 0.0888 e. The largest absolute Gasteiger partial charge is 0.513 e. The van der Waals surface area contributed by atoms with Gasteiger partial charge in [-0.3, -0.25) is 0 Å². The summed E-state index contributed by atoms with van der Waals surface area (Å²) in [5.74, 6) is 6.73. The number of halogens is 1. The standard InChI is InChI=1S/C21H33IO/c1-12-10-15(23)11-14-4-5-16-17(20(12)14)8-9-21(3)18(13(2)22)6-7-19(16)21/h10,12-14,16-20,23H,4-9,11H2,1-3H3/t12?,13?,14?,16?,17?,18-,19?,20?,21-/m1/s1. The minimum atomic E-state index is 0.589. The number of alkyl halides is 1.